The van der Waals surface area contributed by atoms with Crippen LogP contribution in [0.2, 0.25) is 0 Å². The second-order valence-electron chi connectivity index (χ2n) is 7.02. The molecule has 2 amide bonds. The summed E-state index contributed by atoms with van der Waals surface area (Å²) in [5, 5.41) is 17.7. The number of benzene rings is 1. The normalized spacial score (nSPS) is 17.2. The van der Waals surface area contributed by atoms with Crippen LogP contribution in [0.1, 0.15) is 12.5 Å². The van der Waals surface area contributed by atoms with Gasteiger partial charge in [-0.15, -0.1) is 0 Å². The zero-order valence-corrected chi connectivity index (χ0v) is 19.0. The van der Waals surface area contributed by atoms with Crippen molar-refractivity contribution in [2.45, 2.75) is 19.1 Å². The number of esters is 1. The number of urea groups is 1. The molecule has 1 aromatic carbocycles. The van der Waals surface area contributed by atoms with Gasteiger partial charge < -0.3 is 15.2 Å². The van der Waals surface area contributed by atoms with Gasteiger partial charge in [0.1, 0.15) is 11.8 Å². The number of halogens is 3. The van der Waals surface area contributed by atoms with E-state index in [-0.39, 0.29) is 28.3 Å². The molecular weight excluding hydrogens is 467 g/mol. The second kappa shape index (κ2) is 10.6. The van der Waals surface area contributed by atoms with Gasteiger partial charge in [0.05, 0.1) is 37.0 Å². The van der Waals surface area contributed by atoms with Crippen molar-refractivity contribution in [3.63, 3.8) is 0 Å². The van der Waals surface area contributed by atoms with Gasteiger partial charge in [-0.05, 0) is 37.3 Å². The number of hydrogen-bond donors (Lipinski definition) is 2. The van der Waals surface area contributed by atoms with Crippen LogP contribution < -0.4 is 10.6 Å². The van der Waals surface area contributed by atoms with Crippen LogP contribution in [0.25, 0.3) is 0 Å². The lowest BCUT2D eigenvalue weighted by Gasteiger charge is -2.42. The van der Waals surface area contributed by atoms with E-state index in [1.807, 2.05) is 6.07 Å². The maximum atomic E-state index is 13.3. The van der Waals surface area contributed by atoms with Gasteiger partial charge in [0.25, 0.3) is 0 Å². The standard InChI is InChI=1S/C23H22F3N5O4/c1-5-14(12-27)9-10-17(34-3)19-18(20(32)35-4)13(2)30(21(28)31(19)22(29)33)16-8-6-7-15(11-16)23(24,25)26/h5-11,19,28H,1H2,2-4H3,(H2,29,33)/b14-9+,17-10-,28-21?/t19-/m1/s1. The molecule has 1 aromatic rings. The van der Waals surface area contributed by atoms with Crippen molar-refractivity contribution in [1.29, 1.82) is 10.7 Å². The van der Waals surface area contributed by atoms with Crippen molar-refractivity contribution in [3.8, 4) is 6.07 Å². The zero-order chi connectivity index (χ0) is 26.5. The number of nitrogens with one attached hydrogen (secondary N) is 1. The van der Waals surface area contributed by atoms with Gasteiger partial charge in [-0.2, -0.15) is 18.4 Å². The van der Waals surface area contributed by atoms with Gasteiger partial charge in [0.15, 0.2) is 0 Å². The number of alkyl halides is 3. The molecule has 0 fully saturated rings. The van der Waals surface area contributed by atoms with Crippen LogP contribution in [-0.2, 0) is 20.4 Å². The number of amides is 2. The summed E-state index contributed by atoms with van der Waals surface area (Å²) in [6.45, 7) is 4.86. The molecule has 0 radical (unpaired) electrons. The molecular formula is C23H22F3N5O4. The molecule has 9 nitrogen and oxygen atoms in total. The Kier molecular flexibility index (Phi) is 8.09. The van der Waals surface area contributed by atoms with Crippen molar-refractivity contribution in [2.75, 3.05) is 19.1 Å². The summed E-state index contributed by atoms with van der Waals surface area (Å²) in [6.07, 6.45) is -0.830. The third kappa shape index (κ3) is 5.35. The number of nitrogens with zero attached hydrogens (tertiary/aromatic N) is 3. The molecule has 0 bridgehead atoms. The molecule has 35 heavy (non-hydrogen) atoms. The summed E-state index contributed by atoms with van der Waals surface area (Å²) in [6, 6.07) is 3.28. The Bertz CT molecular complexity index is 1190. The molecule has 1 aliphatic rings. The van der Waals surface area contributed by atoms with Crippen LogP contribution in [0.15, 0.2) is 71.7 Å². The molecule has 0 aliphatic carbocycles. The van der Waals surface area contributed by atoms with E-state index < -0.39 is 35.7 Å². The summed E-state index contributed by atoms with van der Waals surface area (Å²) in [5.74, 6) is -1.66. The number of rotatable bonds is 6. The zero-order valence-electron chi connectivity index (χ0n) is 19.0. The monoisotopic (exact) mass is 489 g/mol. The molecule has 184 valence electrons. The minimum Gasteiger partial charge on any atom is -0.499 e. The quantitative estimate of drug-likeness (QED) is 0.270. The number of nitriles is 1. The third-order valence-electron chi connectivity index (χ3n) is 5.05. The van der Waals surface area contributed by atoms with Crippen LogP contribution in [0.5, 0.6) is 0 Å². The first kappa shape index (κ1) is 26.7. The molecule has 0 saturated carbocycles. The summed E-state index contributed by atoms with van der Waals surface area (Å²) in [5.41, 5.74) is 4.29. The number of guanidine groups is 1. The Balaban J connectivity index is 2.87. The number of anilines is 1. The molecule has 3 N–H and O–H groups in total. The maximum absolute atomic E-state index is 13.3. The fourth-order valence-electron chi connectivity index (χ4n) is 3.44. The molecule has 1 heterocycles. The smallest absolute Gasteiger partial charge is 0.416 e. The predicted molar refractivity (Wildman–Crippen MR) is 121 cm³/mol. The lowest BCUT2D eigenvalue weighted by atomic mass is 9.96. The largest absolute Gasteiger partial charge is 0.499 e. The number of hydrogen-bond acceptors (Lipinski definition) is 6. The highest BCUT2D eigenvalue weighted by atomic mass is 19.4. The van der Waals surface area contributed by atoms with E-state index in [4.69, 9.17) is 25.9 Å². The van der Waals surface area contributed by atoms with Crippen molar-refractivity contribution in [3.05, 3.63) is 77.2 Å². The topological polar surface area (TPSA) is 133 Å². The summed E-state index contributed by atoms with van der Waals surface area (Å²) < 4.78 is 50.2. The van der Waals surface area contributed by atoms with Crippen LogP contribution in [-0.4, -0.2) is 43.1 Å². The predicted octanol–water partition coefficient (Wildman–Crippen LogP) is 3.82. The van der Waals surface area contributed by atoms with Crippen molar-refractivity contribution >= 4 is 23.6 Å². The number of carbonyl (C=O) groups excluding carboxylic acids is 2. The van der Waals surface area contributed by atoms with Crippen LogP contribution in [0, 0.1) is 16.7 Å². The van der Waals surface area contributed by atoms with Crippen molar-refractivity contribution < 1.29 is 32.2 Å². The summed E-state index contributed by atoms with van der Waals surface area (Å²) in [7, 11) is 2.30. The van der Waals surface area contributed by atoms with E-state index in [1.54, 1.807) is 0 Å². The maximum Gasteiger partial charge on any atom is 0.416 e. The van der Waals surface area contributed by atoms with Gasteiger partial charge in [-0.25, -0.2) is 14.5 Å². The van der Waals surface area contributed by atoms with Crippen LogP contribution in [0.4, 0.5) is 23.7 Å². The van der Waals surface area contributed by atoms with Crippen molar-refractivity contribution in [2.24, 2.45) is 5.73 Å². The van der Waals surface area contributed by atoms with Gasteiger partial charge >= 0.3 is 18.2 Å². The molecule has 1 aliphatic heterocycles. The Morgan fingerprint density at radius 2 is 1.91 bits per heavy atom. The first-order chi connectivity index (χ1) is 16.4. The minimum atomic E-state index is -4.68. The van der Waals surface area contributed by atoms with Crippen molar-refractivity contribution in [1.82, 2.24) is 4.90 Å². The third-order valence-corrected chi connectivity index (χ3v) is 5.05. The second-order valence-corrected chi connectivity index (χ2v) is 7.02. The highest BCUT2D eigenvalue weighted by Gasteiger charge is 2.45. The first-order valence-corrected chi connectivity index (χ1v) is 9.84. The van der Waals surface area contributed by atoms with Gasteiger partial charge in [0.2, 0.25) is 5.96 Å². The lowest BCUT2D eigenvalue weighted by Crippen LogP contribution is -2.59. The number of ether oxygens (including phenoxy) is 2. The number of nitrogens with two attached hydrogens (primary N) is 1. The molecule has 0 saturated heterocycles. The van der Waals surface area contributed by atoms with E-state index in [0.717, 1.165) is 30.2 Å². The fraction of sp³-hybridized carbons (Fsp3) is 0.217. The molecule has 0 unspecified atom stereocenters. The van der Waals surface area contributed by atoms with Crippen LogP contribution >= 0.6 is 0 Å². The number of carbonyl (C=O) groups is 2. The highest BCUT2D eigenvalue weighted by Crippen LogP contribution is 2.37. The van der Waals surface area contributed by atoms with E-state index in [1.165, 1.54) is 38.3 Å². The molecule has 1 atom stereocenters. The number of allylic oxidation sites excluding steroid dienone is 5. The highest BCUT2D eigenvalue weighted by molar-refractivity contribution is 6.10. The lowest BCUT2D eigenvalue weighted by molar-refractivity contribution is -0.138. The summed E-state index contributed by atoms with van der Waals surface area (Å²) >= 11 is 0. The van der Waals surface area contributed by atoms with E-state index in [2.05, 4.69) is 6.58 Å². The molecule has 12 heteroatoms. The number of methoxy groups -OCH3 is 2. The van der Waals surface area contributed by atoms with E-state index in [9.17, 15) is 22.8 Å². The van der Waals surface area contributed by atoms with Gasteiger partial charge in [-0.1, -0.05) is 18.7 Å². The molecule has 0 aromatic heterocycles. The molecule has 2 rings (SSSR count). The average molecular weight is 489 g/mol. The van der Waals surface area contributed by atoms with Crippen LogP contribution in [0.3, 0.4) is 0 Å². The first-order valence-electron chi connectivity index (χ1n) is 9.84. The Labute approximate surface area is 199 Å². The Morgan fingerprint density at radius 1 is 1.26 bits per heavy atom. The fourth-order valence-corrected chi connectivity index (χ4v) is 3.44. The van der Waals surface area contributed by atoms with E-state index in [0.29, 0.717) is 4.90 Å². The van der Waals surface area contributed by atoms with E-state index >= 15 is 0 Å². The van der Waals surface area contributed by atoms with Gasteiger partial charge in [-0.3, -0.25) is 10.3 Å². The van der Waals surface area contributed by atoms with Gasteiger partial charge in [0, 0.05) is 11.4 Å². The summed E-state index contributed by atoms with van der Waals surface area (Å²) in [4.78, 5) is 26.9. The SMILES string of the molecule is C=C/C(C#N)=C\C=C(/OC)[C@@H]1C(C(=O)OC)=C(C)N(c2cccc(C(F)(F)F)c2)C(=N)N1C(N)=O. The minimum absolute atomic E-state index is 0.000156. The number of primary amides is 1. The Hall–Kier alpha value is -4.53. The Morgan fingerprint density at radius 3 is 2.40 bits per heavy atom. The molecule has 0 spiro atoms. The average Bonchev–Trinajstić information content (AvgIpc) is 2.80.